The number of hydrogen-bond acceptors (Lipinski definition) is 9. The van der Waals surface area contributed by atoms with Gasteiger partial charge in [-0.25, -0.2) is 0 Å². The van der Waals surface area contributed by atoms with Crippen molar-refractivity contribution in [2.24, 2.45) is 0 Å². The molecular weight excluding hydrogens is 444 g/mol. The molecule has 0 amide bonds. The first kappa shape index (κ1) is 28.2. The Bertz CT molecular complexity index is 704. The van der Waals surface area contributed by atoms with Crippen LogP contribution in [0.5, 0.6) is 0 Å². The second kappa shape index (κ2) is 14.4. The molecule has 1 atom stereocenters. The van der Waals surface area contributed by atoms with Gasteiger partial charge in [-0.05, 0) is 6.42 Å². The summed E-state index contributed by atoms with van der Waals surface area (Å²) in [6, 6.07) is -0.615. The average Bonchev–Trinajstić information content (AvgIpc) is 2.67. The van der Waals surface area contributed by atoms with Gasteiger partial charge in [-0.15, -0.1) is 0 Å². The Hall–Kier alpha value is -2.81. The maximum absolute atomic E-state index is 11.5. The van der Waals surface area contributed by atoms with E-state index < -0.39 is 42.4 Å². The van der Waals surface area contributed by atoms with Crippen LogP contribution in [-0.4, -0.2) is 153 Å². The lowest BCUT2D eigenvalue weighted by atomic mass is 10.1. The van der Waals surface area contributed by atoms with Crippen molar-refractivity contribution in [3.05, 3.63) is 0 Å². The smallest absolute Gasteiger partial charge is 0.317 e. The van der Waals surface area contributed by atoms with E-state index in [1.807, 2.05) is 0 Å². The summed E-state index contributed by atoms with van der Waals surface area (Å²) in [6.07, 6.45) is -0.192. The van der Waals surface area contributed by atoms with Gasteiger partial charge in [0.15, 0.2) is 0 Å². The number of carboxylic acid groups (broad SMARTS) is 5. The molecule has 0 aromatic heterocycles. The lowest BCUT2D eigenvalue weighted by Crippen LogP contribution is -2.53. The first-order valence-corrected chi connectivity index (χ1v) is 10.5. The fraction of sp³-hybridized carbons (Fsp3) is 0.737. The molecule has 0 aromatic carbocycles. The molecule has 0 saturated carbocycles. The summed E-state index contributed by atoms with van der Waals surface area (Å²) >= 11 is 0. The third-order valence-electron chi connectivity index (χ3n) is 5.26. The Morgan fingerprint density at radius 2 is 0.939 bits per heavy atom. The van der Waals surface area contributed by atoms with Crippen molar-refractivity contribution in [3.63, 3.8) is 0 Å². The average molecular weight is 476 g/mol. The van der Waals surface area contributed by atoms with E-state index in [0.29, 0.717) is 0 Å². The van der Waals surface area contributed by atoms with E-state index in [2.05, 4.69) is 0 Å². The predicted molar refractivity (Wildman–Crippen MR) is 112 cm³/mol. The molecule has 0 spiro atoms. The van der Waals surface area contributed by atoms with Crippen molar-refractivity contribution in [1.29, 1.82) is 0 Å². The molecule has 0 aromatic rings. The van der Waals surface area contributed by atoms with Crippen LogP contribution in [0, 0.1) is 0 Å². The molecule has 1 unspecified atom stereocenters. The molecule has 1 aliphatic rings. The number of aliphatic carboxylic acids is 5. The van der Waals surface area contributed by atoms with E-state index >= 15 is 0 Å². The summed E-state index contributed by atoms with van der Waals surface area (Å²) in [7, 11) is 0. The van der Waals surface area contributed by atoms with E-state index in [9.17, 15) is 44.4 Å². The van der Waals surface area contributed by atoms with E-state index in [-0.39, 0.29) is 78.3 Å². The monoisotopic (exact) mass is 476 g/mol. The van der Waals surface area contributed by atoms with Gasteiger partial charge in [-0.1, -0.05) is 0 Å². The van der Waals surface area contributed by atoms with Crippen molar-refractivity contribution in [2.75, 3.05) is 72.0 Å². The summed E-state index contributed by atoms with van der Waals surface area (Å²) in [5.41, 5.74) is 0. The van der Waals surface area contributed by atoms with E-state index in [1.165, 1.54) is 9.80 Å². The van der Waals surface area contributed by atoms with Crippen molar-refractivity contribution < 1.29 is 49.5 Å². The highest BCUT2D eigenvalue weighted by Gasteiger charge is 2.27. The Balaban J connectivity index is 3.21. The fourth-order valence-electron chi connectivity index (χ4n) is 3.73. The van der Waals surface area contributed by atoms with Gasteiger partial charge >= 0.3 is 29.8 Å². The first-order valence-electron chi connectivity index (χ1n) is 10.5. The minimum absolute atomic E-state index is 0.0622. The Labute approximate surface area is 190 Å². The van der Waals surface area contributed by atoms with Gasteiger partial charge in [0.05, 0.1) is 26.2 Å². The molecule has 1 fully saturated rings. The second-order valence-corrected chi connectivity index (χ2v) is 7.92. The van der Waals surface area contributed by atoms with Gasteiger partial charge in [0, 0.05) is 58.3 Å². The van der Waals surface area contributed by atoms with Gasteiger partial charge in [0.25, 0.3) is 0 Å². The number of hydrogen-bond donors (Lipinski definition) is 5. The highest BCUT2D eigenvalue weighted by atomic mass is 16.4. The molecule has 0 bridgehead atoms. The van der Waals surface area contributed by atoms with Gasteiger partial charge in [-0.2, -0.15) is 0 Å². The first-order chi connectivity index (χ1) is 15.5. The third kappa shape index (κ3) is 12.7. The Morgan fingerprint density at radius 3 is 1.36 bits per heavy atom. The maximum Gasteiger partial charge on any atom is 0.317 e. The summed E-state index contributed by atoms with van der Waals surface area (Å²) < 4.78 is 0. The highest BCUT2D eigenvalue weighted by Crippen LogP contribution is 2.12. The molecule has 188 valence electrons. The number of rotatable bonds is 11. The van der Waals surface area contributed by atoms with Crippen LogP contribution in [0.15, 0.2) is 0 Å². The topological polar surface area (TPSA) is 199 Å². The third-order valence-corrected chi connectivity index (χ3v) is 5.26. The molecule has 33 heavy (non-hydrogen) atoms. The minimum Gasteiger partial charge on any atom is -0.481 e. The molecule has 5 N–H and O–H groups in total. The molecule has 1 aliphatic heterocycles. The number of carboxylic acids is 5. The van der Waals surface area contributed by atoms with Crippen molar-refractivity contribution >= 4 is 29.8 Å². The van der Waals surface area contributed by atoms with Crippen LogP contribution < -0.4 is 0 Å². The predicted octanol–water partition coefficient (Wildman–Crippen LogP) is -2.22. The van der Waals surface area contributed by atoms with Crippen LogP contribution in [0.2, 0.25) is 0 Å². The zero-order valence-corrected chi connectivity index (χ0v) is 18.3. The molecular formula is C19H32N4O10. The molecule has 1 saturated heterocycles. The van der Waals surface area contributed by atoms with Gasteiger partial charge in [0.2, 0.25) is 0 Å². The summed E-state index contributed by atoms with van der Waals surface area (Å²) in [4.78, 5) is 62.7. The lowest BCUT2D eigenvalue weighted by molar-refractivity contribution is -0.142. The molecule has 1 rings (SSSR count). The van der Waals surface area contributed by atoms with E-state index in [0.717, 1.165) is 0 Å². The lowest BCUT2D eigenvalue weighted by Gasteiger charge is -2.37. The summed E-state index contributed by atoms with van der Waals surface area (Å²) in [6.45, 7) is -0.329. The molecule has 1 heterocycles. The van der Waals surface area contributed by atoms with Crippen molar-refractivity contribution in [3.8, 4) is 0 Å². The van der Waals surface area contributed by atoms with Crippen LogP contribution in [0.4, 0.5) is 0 Å². The van der Waals surface area contributed by atoms with Crippen LogP contribution in [0.1, 0.15) is 12.8 Å². The van der Waals surface area contributed by atoms with Crippen LogP contribution >= 0.6 is 0 Å². The zero-order valence-electron chi connectivity index (χ0n) is 18.3. The molecule has 0 radical (unpaired) electrons. The van der Waals surface area contributed by atoms with Crippen LogP contribution in [-0.2, 0) is 24.0 Å². The van der Waals surface area contributed by atoms with Gasteiger partial charge in [-0.3, -0.25) is 43.6 Å². The van der Waals surface area contributed by atoms with Crippen LogP contribution in [0.3, 0.4) is 0 Å². The van der Waals surface area contributed by atoms with E-state index in [4.69, 9.17) is 5.11 Å². The highest BCUT2D eigenvalue weighted by molar-refractivity contribution is 5.70. The van der Waals surface area contributed by atoms with E-state index in [1.54, 1.807) is 9.80 Å². The largest absolute Gasteiger partial charge is 0.481 e. The minimum atomic E-state index is -1.15. The second-order valence-electron chi connectivity index (χ2n) is 7.92. The van der Waals surface area contributed by atoms with Gasteiger partial charge in [0.1, 0.15) is 0 Å². The molecule has 14 nitrogen and oxygen atoms in total. The quantitative estimate of drug-likeness (QED) is 0.215. The summed E-state index contributed by atoms with van der Waals surface area (Å²) in [5.74, 6) is -5.53. The molecule has 14 heteroatoms. The van der Waals surface area contributed by atoms with Crippen LogP contribution in [0.25, 0.3) is 0 Å². The Kier molecular flexibility index (Phi) is 12.3. The van der Waals surface area contributed by atoms with Crippen molar-refractivity contribution in [1.82, 2.24) is 19.6 Å². The standard InChI is InChI=1S/C19H32N4O10/c24-15(25)2-1-14-9-22(12-18(30)31)6-5-20(10-16(26)27)3-4-21(11-17(28)29)7-8-23(14)13-19(32)33/h14H,1-13H2,(H,24,25)(H,26,27)(H,28,29)(H,30,31)(H,32,33). The summed E-state index contributed by atoms with van der Waals surface area (Å²) in [5, 5.41) is 46.1. The number of nitrogens with zero attached hydrogens (tertiary/aromatic N) is 4. The zero-order chi connectivity index (χ0) is 25.0. The van der Waals surface area contributed by atoms with Gasteiger partial charge < -0.3 is 25.5 Å². The Morgan fingerprint density at radius 1 is 0.545 bits per heavy atom. The number of carbonyl (C=O) groups is 5. The van der Waals surface area contributed by atoms with Crippen molar-refractivity contribution in [2.45, 2.75) is 18.9 Å². The maximum atomic E-state index is 11.5. The fourth-order valence-corrected chi connectivity index (χ4v) is 3.73. The normalized spacial score (nSPS) is 20.4. The SMILES string of the molecule is O=C(O)CCC1CN(CC(=O)O)CCN(CC(=O)O)CCN(CC(=O)O)CCN1CC(=O)O. The molecule has 0 aliphatic carbocycles.